The maximum absolute atomic E-state index is 12.8. The molecule has 0 spiro atoms. The zero-order chi connectivity index (χ0) is 24.8. The molecule has 3 aromatic rings. The number of halogens is 1. The largest absolute Gasteiger partial charge is 0.495 e. The van der Waals surface area contributed by atoms with Gasteiger partial charge in [0, 0.05) is 11.1 Å². The first-order valence-corrected chi connectivity index (χ1v) is 10.9. The van der Waals surface area contributed by atoms with Gasteiger partial charge in [0.2, 0.25) is 11.7 Å². The summed E-state index contributed by atoms with van der Waals surface area (Å²) in [5, 5.41) is 7.08. The fourth-order valence-electron chi connectivity index (χ4n) is 3.53. The normalized spacial score (nSPS) is 11.8. The monoisotopic (exact) mass is 489 g/mol. The fraction of sp³-hybridized carbons (Fsp3) is 0.333. The van der Waals surface area contributed by atoms with Crippen molar-refractivity contribution < 1.29 is 28.3 Å². The lowest BCUT2D eigenvalue weighted by molar-refractivity contribution is -0.118. The first kappa shape index (κ1) is 25.2. The summed E-state index contributed by atoms with van der Waals surface area (Å²) in [5.74, 6) is 1.65. The van der Waals surface area contributed by atoms with Crippen molar-refractivity contribution in [2.24, 2.45) is 5.92 Å². The SMILES string of the molecule is COc1ccc(-c2conc2-c2cc(OC)c(OC)c(OC)c2)cc1NC(=O)C(NCl)C(C)C. The molecule has 0 aliphatic carbocycles. The highest BCUT2D eigenvalue weighted by molar-refractivity contribution is 6.15. The van der Waals surface area contributed by atoms with Crippen LogP contribution in [0.1, 0.15) is 13.8 Å². The van der Waals surface area contributed by atoms with E-state index in [9.17, 15) is 4.79 Å². The number of ether oxygens (including phenoxy) is 4. The average Bonchev–Trinajstić information content (AvgIpc) is 3.33. The number of anilines is 1. The van der Waals surface area contributed by atoms with E-state index in [1.54, 1.807) is 45.6 Å². The minimum Gasteiger partial charge on any atom is -0.495 e. The van der Waals surface area contributed by atoms with Crippen LogP contribution < -0.4 is 29.1 Å². The van der Waals surface area contributed by atoms with Crippen molar-refractivity contribution in [1.82, 2.24) is 9.99 Å². The van der Waals surface area contributed by atoms with Crippen LogP contribution in [0.5, 0.6) is 23.0 Å². The molecule has 34 heavy (non-hydrogen) atoms. The number of amides is 1. The average molecular weight is 490 g/mol. The Balaban J connectivity index is 2.05. The van der Waals surface area contributed by atoms with Crippen LogP contribution in [0.15, 0.2) is 41.1 Å². The summed E-state index contributed by atoms with van der Waals surface area (Å²) in [5.41, 5.74) is 3.19. The van der Waals surface area contributed by atoms with Crippen molar-refractivity contribution in [3.63, 3.8) is 0 Å². The van der Waals surface area contributed by atoms with E-state index >= 15 is 0 Å². The van der Waals surface area contributed by atoms with E-state index in [1.165, 1.54) is 13.4 Å². The van der Waals surface area contributed by atoms with E-state index in [0.717, 1.165) is 5.56 Å². The van der Waals surface area contributed by atoms with Gasteiger partial charge >= 0.3 is 0 Å². The molecule has 0 radical (unpaired) electrons. The Kier molecular flexibility index (Phi) is 8.25. The Morgan fingerprint density at radius 1 is 0.941 bits per heavy atom. The first-order valence-electron chi connectivity index (χ1n) is 10.5. The number of nitrogens with zero attached hydrogens (tertiary/aromatic N) is 1. The van der Waals surface area contributed by atoms with Gasteiger partial charge in [0.05, 0.1) is 34.1 Å². The molecule has 10 heteroatoms. The minimum absolute atomic E-state index is 0.0172. The van der Waals surface area contributed by atoms with Crippen LogP contribution in [0.4, 0.5) is 5.69 Å². The van der Waals surface area contributed by atoms with Crippen LogP contribution in [-0.2, 0) is 4.79 Å². The number of rotatable bonds is 10. The molecular weight excluding hydrogens is 462 g/mol. The number of carbonyl (C=O) groups excluding carboxylic acids is 1. The molecule has 0 saturated carbocycles. The Labute approximate surface area is 203 Å². The van der Waals surface area contributed by atoms with Crippen LogP contribution >= 0.6 is 11.8 Å². The van der Waals surface area contributed by atoms with Gasteiger partial charge in [0.25, 0.3) is 0 Å². The van der Waals surface area contributed by atoms with Crippen molar-refractivity contribution in [3.05, 3.63) is 36.6 Å². The number of aromatic nitrogens is 1. The number of hydrogen-bond donors (Lipinski definition) is 2. The lowest BCUT2D eigenvalue weighted by Crippen LogP contribution is -2.40. The van der Waals surface area contributed by atoms with Crippen molar-refractivity contribution >= 4 is 23.4 Å². The highest BCUT2D eigenvalue weighted by Gasteiger charge is 2.23. The Morgan fingerprint density at radius 3 is 2.12 bits per heavy atom. The van der Waals surface area contributed by atoms with Gasteiger partial charge in [0.1, 0.15) is 23.7 Å². The van der Waals surface area contributed by atoms with Crippen LogP contribution in [0.2, 0.25) is 0 Å². The summed E-state index contributed by atoms with van der Waals surface area (Å²) in [6.45, 7) is 3.79. The van der Waals surface area contributed by atoms with E-state index < -0.39 is 6.04 Å². The van der Waals surface area contributed by atoms with Crippen molar-refractivity contribution in [1.29, 1.82) is 0 Å². The molecule has 0 fully saturated rings. The summed E-state index contributed by atoms with van der Waals surface area (Å²) in [4.78, 5) is 15.3. The predicted molar refractivity (Wildman–Crippen MR) is 130 cm³/mol. The highest BCUT2D eigenvalue weighted by Crippen LogP contribution is 2.43. The Morgan fingerprint density at radius 2 is 1.59 bits per heavy atom. The smallest absolute Gasteiger partial charge is 0.243 e. The molecule has 9 nitrogen and oxygen atoms in total. The third-order valence-electron chi connectivity index (χ3n) is 5.34. The number of hydrogen-bond acceptors (Lipinski definition) is 8. The summed E-state index contributed by atoms with van der Waals surface area (Å²) >= 11 is 5.78. The van der Waals surface area contributed by atoms with Gasteiger partial charge in [-0.05, 0) is 47.5 Å². The van der Waals surface area contributed by atoms with Crippen LogP contribution in [-0.4, -0.2) is 45.5 Å². The van der Waals surface area contributed by atoms with Crippen LogP contribution in [0, 0.1) is 5.92 Å². The van der Waals surface area contributed by atoms with Crippen LogP contribution in [0.3, 0.4) is 0 Å². The fourth-order valence-corrected chi connectivity index (χ4v) is 3.88. The Hall–Kier alpha value is -3.43. The summed E-state index contributed by atoms with van der Waals surface area (Å²) < 4.78 is 27.1. The molecule has 0 aliphatic rings. The molecule has 2 aromatic carbocycles. The maximum atomic E-state index is 12.8. The number of methoxy groups -OCH3 is 4. The zero-order valence-corrected chi connectivity index (χ0v) is 20.6. The molecule has 2 N–H and O–H groups in total. The summed E-state index contributed by atoms with van der Waals surface area (Å²) in [6, 6.07) is 8.39. The standard InChI is InChI=1S/C24H28ClN3O6/c1-13(2)21(27-25)24(29)26-17-9-14(7-8-18(17)30-3)16-12-34-28-22(16)15-10-19(31-4)23(33-6)20(11-15)32-5/h7-13,21,27H,1-6H3,(H,26,29). The van der Waals surface area contributed by atoms with Crippen LogP contribution in [0.25, 0.3) is 22.4 Å². The van der Waals surface area contributed by atoms with Gasteiger partial charge in [-0.3, -0.25) is 4.79 Å². The van der Waals surface area contributed by atoms with Gasteiger partial charge < -0.3 is 28.8 Å². The lowest BCUT2D eigenvalue weighted by atomic mass is 10.00. The van der Waals surface area contributed by atoms with Gasteiger partial charge in [-0.15, -0.1) is 0 Å². The van der Waals surface area contributed by atoms with Gasteiger partial charge in [-0.25, -0.2) is 4.84 Å². The molecule has 0 aliphatic heterocycles. The second-order valence-electron chi connectivity index (χ2n) is 7.73. The first-order chi connectivity index (χ1) is 16.4. The molecule has 182 valence electrons. The third kappa shape index (κ3) is 5.05. The summed E-state index contributed by atoms with van der Waals surface area (Å²) in [6.07, 6.45) is 1.53. The quantitative estimate of drug-likeness (QED) is 0.393. The maximum Gasteiger partial charge on any atom is 0.243 e. The predicted octanol–water partition coefficient (Wildman–Crippen LogP) is 4.75. The zero-order valence-electron chi connectivity index (χ0n) is 19.9. The molecule has 1 atom stereocenters. The molecule has 1 heterocycles. The van der Waals surface area contributed by atoms with Gasteiger partial charge in [0.15, 0.2) is 11.5 Å². The van der Waals surface area contributed by atoms with Crippen molar-refractivity contribution in [3.8, 4) is 45.4 Å². The Bertz CT molecular complexity index is 1120. The van der Waals surface area contributed by atoms with Crippen molar-refractivity contribution in [2.45, 2.75) is 19.9 Å². The lowest BCUT2D eigenvalue weighted by Gasteiger charge is -2.19. The molecule has 3 rings (SSSR count). The molecule has 1 aromatic heterocycles. The second-order valence-corrected chi connectivity index (χ2v) is 7.94. The number of carbonyl (C=O) groups is 1. The molecule has 1 unspecified atom stereocenters. The van der Waals surface area contributed by atoms with E-state index in [-0.39, 0.29) is 11.8 Å². The minimum atomic E-state index is -0.583. The van der Waals surface area contributed by atoms with Crippen molar-refractivity contribution in [2.75, 3.05) is 33.8 Å². The molecule has 0 bridgehead atoms. The second kappa shape index (κ2) is 11.1. The summed E-state index contributed by atoms with van der Waals surface area (Å²) in [7, 11) is 6.16. The van der Waals surface area contributed by atoms with Gasteiger partial charge in [-0.2, -0.15) is 0 Å². The molecular formula is C24H28ClN3O6. The number of benzene rings is 2. The number of nitrogens with one attached hydrogen (secondary N) is 2. The van der Waals surface area contributed by atoms with E-state index in [4.69, 9.17) is 35.2 Å². The molecule has 1 amide bonds. The van der Waals surface area contributed by atoms with E-state index in [0.29, 0.717) is 45.5 Å². The van der Waals surface area contributed by atoms with E-state index in [2.05, 4.69) is 15.3 Å². The van der Waals surface area contributed by atoms with Gasteiger partial charge in [-0.1, -0.05) is 25.1 Å². The van der Waals surface area contributed by atoms with E-state index in [1.807, 2.05) is 19.9 Å². The topological polar surface area (TPSA) is 104 Å². The molecule has 0 saturated heterocycles. The third-order valence-corrected chi connectivity index (χ3v) is 5.58. The highest BCUT2D eigenvalue weighted by atomic mass is 35.5.